The number of amides is 4. The van der Waals surface area contributed by atoms with Gasteiger partial charge in [0.2, 0.25) is 23.6 Å². The lowest BCUT2D eigenvalue weighted by Crippen LogP contribution is -2.58. The second kappa shape index (κ2) is 12.7. The number of hydrogen-bond donors (Lipinski definition) is 8. The van der Waals surface area contributed by atoms with E-state index in [1.807, 2.05) is 5.32 Å². The highest BCUT2D eigenvalue weighted by Crippen LogP contribution is 2.12. The molecule has 1 aromatic rings. The Balaban J connectivity index is 3.10. The number of aliphatic carboxylic acids is 2. The summed E-state index contributed by atoms with van der Waals surface area (Å²) in [7, 11) is 0. The predicted molar refractivity (Wildman–Crippen MR) is 115 cm³/mol. The molecule has 186 valence electrons. The Hall–Kier alpha value is -4.20. The number of rotatable bonds is 13. The second-order valence-corrected chi connectivity index (χ2v) is 7.45. The van der Waals surface area contributed by atoms with Crippen LogP contribution in [0.25, 0.3) is 0 Å². The van der Waals surface area contributed by atoms with Crippen LogP contribution < -0.4 is 27.4 Å². The molecular weight excluding hydrogens is 454 g/mol. The van der Waals surface area contributed by atoms with E-state index in [-0.39, 0.29) is 12.2 Å². The van der Waals surface area contributed by atoms with Crippen molar-refractivity contribution in [2.45, 2.75) is 50.4 Å². The average molecular weight is 481 g/mol. The maximum Gasteiger partial charge on any atom is 0.326 e. The molecule has 0 fully saturated rings. The van der Waals surface area contributed by atoms with Gasteiger partial charge < -0.3 is 42.7 Å². The number of carboxylic acid groups (broad SMARTS) is 2. The summed E-state index contributed by atoms with van der Waals surface area (Å²) in [5.74, 6) is -6.99. The molecule has 0 aliphatic rings. The van der Waals surface area contributed by atoms with Crippen LogP contribution in [0.5, 0.6) is 5.75 Å². The van der Waals surface area contributed by atoms with Gasteiger partial charge in [0.05, 0.1) is 18.9 Å². The molecule has 0 aliphatic carbocycles. The number of phenolic OH excluding ortho intramolecular Hbond substituents is 1. The number of carbonyl (C=O) groups excluding carboxylic acids is 4. The van der Waals surface area contributed by atoms with E-state index in [2.05, 4.69) is 10.6 Å². The largest absolute Gasteiger partial charge is 0.508 e. The lowest BCUT2D eigenvalue weighted by atomic mass is 10.0. The quantitative estimate of drug-likeness (QED) is 0.143. The van der Waals surface area contributed by atoms with E-state index >= 15 is 0 Å². The zero-order valence-corrected chi connectivity index (χ0v) is 18.2. The van der Waals surface area contributed by atoms with Gasteiger partial charge in [0.15, 0.2) is 0 Å². The first-order valence-corrected chi connectivity index (χ1v) is 9.97. The molecule has 0 bridgehead atoms. The first-order valence-electron chi connectivity index (χ1n) is 9.97. The van der Waals surface area contributed by atoms with Crippen molar-refractivity contribution in [2.24, 2.45) is 11.5 Å². The van der Waals surface area contributed by atoms with Crippen LogP contribution >= 0.6 is 0 Å². The van der Waals surface area contributed by atoms with Gasteiger partial charge >= 0.3 is 11.9 Å². The third kappa shape index (κ3) is 9.52. The van der Waals surface area contributed by atoms with Crippen molar-refractivity contribution in [3.8, 4) is 5.75 Å². The summed E-state index contributed by atoms with van der Waals surface area (Å²) in [6.45, 7) is 1.37. The SMILES string of the molecule is CC(N)C(=O)NC(Cc1ccc(O)cc1)C(=O)NC(CC(=O)O)C(=O)NC(CC(N)=O)C(=O)O. The second-order valence-electron chi connectivity index (χ2n) is 7.45. The summed E-state index contributed by atoms with van der Waals surface area (Å²) in [5, 5.41) is 34.2. The zero-order valence-electron chi connectivity index (χ0n) is 18.2. The van der Waals surface area contributed by atoms with E-state index in [1.54, 1.807) is 0 Å². The normalized spacial score (nSPS) is 14.1. The third-order valence-corrected chi connectivity index (χ3v) is 4.45. The maximum absolute atomic E-state index is 12.9. The Bertz CT molecular complexity index is 933. The maximum atomic E-state index is 12.9. The standard InChI is InChI=1S/C20H27N5O9/c1-9(21)17(30)23-12(6-10-2-4-11(26)5-3-10)18(31)24-13(8-16(28)29)19(32)25-14(20(33)34)7-15(22)27/h2-5,9,12-14,26H,6-8,21H2,1H3,(H2,22,27)(H,23,30)(H,24,31)(H,25,32)(H,28,29)(H,33,34). The molecule has 0 aliphatic heterocycles. The van der Waals surface area contributed by atoms with Crippen LogP contribution in [0.15, 0.2) is 24.3 Å². The fraction of sp³-hybridized carbons (Fsp3) is 0.400. The molecule has 10 N–H and O–H groups in total. The van der Waals surface area contributed by atoms with E-state index in [0.717, 1.165) is 0 Å². The molecule has 0 spiro atoms. The van der Waals surface area contributed by atoms with E-state index in [9.17, 15) is 33.9 Å². The van der Waals surface area contributed by atoms with Crippen LogP contribution in [-0.4, -0.2) is 75.1 Å². The number of nitrogens with two attached hydrogens (primary N) is 2. The van der Waals surface area contributed by atoms with E-state index in [4.69, 9.17) is 21.7 Å². The highest BCUT2D eigenvalue weighted by Gasteiger charge is 2.32. The molecule has 0 saturated carbocycles. The van der Waals surface area contributed by atoms with Crippen LogP contribution in [0, 0.1) is 0 Å². The van der Waals surface area contributed by atoms with Gasteiger partial charge in [-0.2, -0.15) is 0 Å². The number of aromatic hydroxyl groups is 1. The molecule has 4 unspecified atom stereocenters. The minimum Gasteiger partial charge on any atom is -0.508 e. The zero-order chi connectivity index (χ0) is 26.0. The van der Waals surface area contributed by atoms with Crippen molar-refractivity contribution in [1.29, 1.82) is 0 Å². The van der Waals surface area contributed by atoms with Crippen LogP contribution in [0.3, 0.4) is 0 Å². The summed E-state index contributed by atoms with van der Waals surface area (Å²) in [6, 6.07) is -0.108. The molecule has 1 rings (SSSR count). The highest BCUT2D eigenvalue weighted by molar-refractivity contribution is 5.96. The van der Waals surface area contributed by atoms with E-state index in [1.165, 1.54) is 31.2 Å². The van der Waals surface area contributed by atoms with Gasteiger partial charge in [0.1, 0.15) is 23.9 Å². The van der Waals surface area contributed by atoms with Crippen LogP contribution in [0.4, 0.5) is 0 Å². The number of carbonyl (C=O) groups is 6. The van der Waals surface area contributed by atoms with Gasteiger partial charge in [-0.05, 0) is 24.6 Å². The first-order chi connectivity index (χ1) is 15.8. The fourth-order valence-corrected chi connectivity index (χ4v) is 2.71. The van der Waals surface area contributed by atoms with E-state index < -0.39 is 72.6 Å². The predicted octanol–water partition coefficient (Wildman–Crippen LogP) is -2.83. The van der Waals surface area contributed by atoms with Crippen molar-refractivity contribution in [1.82, 2.24) is 16.0 Å². The molecule has 14 heteroatoms. The number of primary amides is 1. The summed E-state index contributed by atoms with van der Waals surface area (Å²) in [5.41, 5.74) is 11.0. The van der Waals surface area contributed by atoms with Gasteiger partial charge in [-0.25, -0.2) is 4.79 Å². The number of phenols is 1. The molecule has 0 radical (unpaired) electrons. The molecule has 0 saturated heterocycles. The lowest BCUT2D eigenvalue weighted by Gasteiger charge is -2.24. The fourth-order valence-electron chi connectivity index (χ4n) is 2.71. The summed E-state index contributed by atoms with van der Waals surface area (Å²) in [4.78, 5) is 71.0. The van der Waals surface area contributed by atoms with Crippen LogP contribution in [0.1, 0.15) is 25.3 Å². The van der Waals surface area contributed by atoms with Crippen molar-refractivity contribution < 1.29 is 44.1 Å². The van der Waals surface area contributed by atoms with Gasteiger partial charge in [0, 0.05) is 6.42 Å². The van der Waals surface area contributed by atoms with Crippen LogP contribution in [0.2, 0.25) is 0 Å². The first kappa shape index (κ1) is 27.8. The monoisotopic (exact) mass is 481 g/mol. The average Bonchev–Trinajstić information content (AvgIpc) is 2.72. The summed E-state index contributed by atoms with van der Waals surface area (Å²) in [6.07, 6.45) is -1.79. The third-order valence-electron chi connectivity index (χ3n) is 4.45. The minimum atomic E-state index is -1.75. The highest BCUT2D eigenvalue weighted by atomic mass is 16.4. The number of hydrogen-bond acceptors (Lipinski definition) is 8. The Labute approximate surface area is 193 Å². The van der Waals surface area contributed by atoms with Crippen molar-refractivity contribution in [2.75, 3.05) is 0 Å². The summed E-state index contributed by atoms with van der Waals surface area (Å²) >= 11 is 0. The van der Waals surface area contributed by atoms with E-state index in [0.29, 0.717) is 5.56 Å². The Morgan fingerprint density at radius 3 is 1.79 bits per heavy atom. The molecular formula is C20H27N5O9. The van der Waals surface area contributed by atoms with Gasteiger partial charge in [-0.3, -0.25) is 24.0 Å². The number of nitrogens with one attached hydrogen (secondary N) is 3. The minimum absolute atomic E-state index is 0.0356. The van der Waals surface area contributed by atoms with Gasteiger partial charge in [0.25, 0.3) is 0 Å². The Morgan fingerprint density at radius 1 is 0.824 bits per heavy atom. The Kier molecular flexibility index (Phi) is 10.4. The molecule has 0 heterocycles. The van der Waals surface area contributed by atoms with Crippen molar-refractivity contribution in [3.63, 3.8) is 0 Å². The molecule has 0 aromatic heterocycles. The molecule has 4 atom stereocenters. The smallest absolute Gasteiger partial charge is 0.326 e. The van der Waals surface area contributed by atoms with Crippen molar-refractivity contribution in [3.05, 3.63) is 29.8 Å². The lowest BCUT2D eigenvalue weighted by molar-refractivity contribution is -0.144. The summed E-state index contributed by atoms with van der Waals surface area (Å²) < 4.78 is 0. The molecule has 34 heavy (non-hydrogen) atoms. The van der Waals surface area contributed by atoms with Crippen molar-refractivity contribution >= 4 is 35.6 Å². The molecule has 4 amide bonds. The number of benzene rings is 1. The molecule has 14 nitrogen and oxygen atoms in total. The topological polar surface area (TPSA) is 251 Å². The van der Waals surface area contributed by atoms with Gasteiger partial charge in [-0.15, -0.1) is 0 Å². The molecule has 1 aromatic carbocycles. The van der Waals surface area contributed by atoms with Gasteiger partial charge in [-0.1, -0.05) is 12.1 Å². The number of carboxylic acids is 2. The Morgan fingerprint density at radius 2 is 1.32 bits per heavy atom. The van der Waals surface area contributed by atoms with Crippen LogP contribution in [-0.2, 0) is 35.2 Å².